The molecule has 204 valence electrons. The average Bonchev–Trinajstić information content (AvgIpc) is 2.91. The molecular weight excluding hydrogens is 496 g/mol. The zero-order valence-electron chi connectivity index (χ0n) is 21.7. The number of carbonyl (C=O) groups is 4. The van der Waals surface area contributed by atoms with Gasteiger partial charge in [0.25, 0.3) is 5.91 Å². The van der Waals surface area contributed by atoms with Crippen LogP contribution >= 0.6 is 0 Å². The first kappa shape index (κ1) is 28.4. The number of aromatic nitrogens is 1. The van der Waals surface area contributed by atoms with Crippen molar-refractivity contribution in [3.8, 4) is 11.5 Å². The molecule has 0 unspecified atom stereocenters. The number of benzene rings is 1. The fraction of sp³-hybridized carbons (Fsp3) is 0.444. The van der Waals surface area contributed by atoms with Crippen molar-refractivity contribution in [2.45, 2.75) is 51.9 Å². The number of ether oxygens (including phenoxy) is 4. The van der Waals surface area contributed by atoms with Gasteiger partial charge < -0.3 is 29.4 Å². The molecule has 11 heteroatoms. The van der Waals surface area contributed by atoms with Gasteiger partial charge in [-0.25, -0.2) is 9.78 Å². The van der Waals surface area contributed by atoms with E-state index in [9.17, 15) is 24.3 Å². The number of hydrogen-bond acceptors (Lipinski definition) is 10. The standard InChI is InChI=1S/C27H32N2O9/c1-15(2)12-21(30)38-24-16(3)37-27(34)19(29-25(32)22-23(31)20(35-4)10-11-28-22)14-36-26(33)18(24)13-17-8-6-5-7-9-17/h5-11,15-16,18-19,24,31H,12-14H2,1-4H3,(H,29,32)/t16-,18+,19+,24-/m0/s1. The average molecular weight is 529 g/mol. The molecule has 1 aliphatic rings. The molecule has 38 heavy (non-hydrogen) atoms. The Hall–Kier alpha value is -4.15. The molecule has 1 fully saturated rings. The first-order valence-corrected chi connectivity index (χ1v) is 12.2. The van der Waals surface area contributed by atoms with E-state index >= 15 is 0 Å². The lowest BCUT2D eigenvalue weighted by atomic mass is 9.91. The highest BCUT2D eigenvalue weighted by Crippen LogP contribution is 2.28. The first-order valence-electron chi connectivity index (χ1n) is 12.2. The van der Waals surface area contributed by atoms with Crippen molar-refractivity contribution in [2.24, 2.45) is 11.8 Å². The highest BCUT2D eigenvalue weighted by atomic mass is 16.6. The molecule has 4 atom stereocenters. The predicted octanol–water partition coefficient (Wildman–Crippen LogP) is 2.20. The molecule has 11 nitrogen and oxygen atoms in total. The van der Waals surface area contributed by atoms with Crippen LogP contribution in [0.3, 0.4) is 0 Å². The molecule has 1 aromatic heterocycles. The molecule has 2 N–H and O–H groups in total. The number of methoxy groups -OCH3 is 1. The molecule has 2 heterocycles. The van der Waals surface area contributed by atoms with Gasteiger partial charge in [-0.1, -0.05) is 44.2 Å². The summed E-state index contributed by atoms with van der Waals surface area (Å²) in [4.78, 5) is 55.5. The third-order valence-electron chi connectivity index (χ3n) is 5.91. The quantitative estimate of drug-likeness (QED) is 0.385. The Morgan fingerprint density at radius 3 is 2.53 bits per heavy atom. The van der Waals surface area contributed by atoms with E-state index in [0.717, 1.165) is 5.56 Å². The number of hydrogen-bond donors (Lipinski definition) is 2. The Kier molecular flexibility index (Phi) is 9.64. The third kappa shape index (κ3) is 7.21. The lowest BCUT2D eigenvalue weighted by molar-refractivity contribution is -0.174. The van der Waals surface area contributed by atoms with Gasteiger partial charge in [-0.2, -0.15) is 0 Å². The summed E-state index contributed by atoms with van der Waals surface area (Å²) in [5.74, 6) is -4.55. The number of aromatic hydroxyl groups is 1. The molecule has 0 aliphatic carbocycles. The largest absolute Gasteiger partial charge is 0.503 e. The van der Waals surface area contributed by atoms with E-state index in [4.69, 9.17) is 18.9 Å². The second-order valence-electron chi connectivity index (χ2n) is 9.36. The van der Waals surface area contributed by atoms with Crippen LogP contribution in [-0.4, -0.2) is 65.9 Å². The van der Waals surface area contributed by atoms with E-state index in [2.05, 4.69) is 10.3 Å². The zero-order valence-corrected chi connectivity index (χ0v) is 21.7. The van der Waals surface area contributed by atoms with E-state index in [1.54, 1.807) is 0 Å². The number of carbonyl (C=O) groups excluding carboxylic acids is 4. The van der Waals surface area contributed by atoms with Gasteiger partial charge in [0.1, 0.15) is 18.6 Å². The molecule has 1 saturated heterocycles. The van der Waals surface area contributed by atoms with Gasteiger partial charge in [-0.15, -0.1) is 0 Å². The minimum Gasteiger partial charge on any atom is -0.503 e. The van der Waals surface area contributed by atoms with Gasteiger partial charge in [0, 0.05) is 18.7 Å². The van der Waals surface area contributed by atoms with Crippen molar-refractivity contribution in [3.05, 3.63) is 53.9 Å². The van der Waals surface area contributed by atoms with E-state index < -0.39 is 60.3 Å². The summed E-state index contributed by atoms with van der Waals surface area (Å²) in [6.07, 6.45) is -0.640. The van der Waals surface area contributed by atoms with Gasteiger partial charge >= 0.3 is 17.9 Å². The van der Waals surface area contributed by atoms with Gasteiger partial charge in [0.2, 0.25) is 0 Å². The van der Waals surface area contributed by atoms with Crippen LogP contribution in [0.15, 0.2) is 42.6 Å². The van der Waals surface area contributed by atoms with Gasteiger partial charge in [0.15, 0.2) is 29.3 Å². The van der Waals surface area contributed by atoms with Crippen molar-refractivity contribution < 1.29 is 43.2 Å². The topological polar surface area (TPSA) is 150 Å². The fourth-order valence-corrected chi connectivity index (χ4v) is 4.01. The summed E-state index contributed by atoms with van der Waals surface area (Å²) < 4.78 is 21.6. The molecule has 0 bridgehead atoms. The van der Waals surface area contributed by atoms with Crippen molar-refractivity contribution in [2.75, 3.05) is 13.7 Å². The molecule has 3 rings (SSSR count). The zero-order chi connectivity index (χ0) is 27.8. The van der Waals surface area contributed by atoms with Crippen LogP contribution in [0.4, 0.5) is 0 Å². The number of nitrogens with zero attached hydrogens (tertiary/aromatic N) is 1. The van der Waals surface area contributed by atoms with E-state index in [1.807, 2.05) is 44.2 Å². The van der Waals surface area contributed by atoms with Gasteiger partial charge in [-0.3, -0.25) is 14.4 Å². The van der Waals surface area contributed by atoms with E-state index in [0.29, 0.717) is 0 Å². The molecule has 2 aromatic rings. The fourth-order valence-electron chi connectivity index (χ4n) is 4.01. The van der Waals surface area contributed by atoms with Crippen LogP contribution in [-0.2, 0) is 35.0 Å². The number of rotatable bonds is 8. The molecular formula is C27H32N2O9. The summed E-state index contributed by atoms with van der Waals surface area (Å²) in [5.41, 5.74) is 0.403. The van der Waals surface area contributed by atoms with Crippen LogP contribution in [0.25, 0.3) is 0 Å². The van der Waals surface area contributed by atoms with Crippen LogP contribution in [0, 0.1) is 11.8 Å². The minimum absolute atomic E-state index is 0.0112. The Balaban J connectivity index is 1.86. The second-order valence-corrected chi connectivity index (χ2v) is 9.36. The third-order valence-corrected chi connectivity index (χ3v) is 5.91. The predicted molar refractivity (Wildman–Crippen MR) is 133 cm³/mol. The van der Waals surface area contributed by atoms with Crippen LogP contribution in [0.1, 0.15) is 43.2 Å². The smallest absolute Gasteiger partial charge is 0.332 e. The summed E-state index contributed by atoms with van der Waals surface area (Å²) in [7, 11) is 1.31. The second kappa shape index (κ2) is 12.9. The highest BCUT2D eigenvalue weighted by molar-refractivity contribution is 5.98. The summed E-state index contributed by atoms with van der Waals surface area (Å²) in [6.45, 7) is 4.67. The van der Waals surface area contributed by atoms with Crippen LogP contribution < -0.4 is 10.1 Å². The summed E-state index contributed by atoms with van der Waals surface area (Å²) in [6, 6.07) is 9.04. The maximum absolute atomic E-state index is 13.3. The number of amides is 1. The Morgan fingerprint density at radius 2 is 1.87 bits per heavy atom. The number of nitrogens with one attached hydrogen (secondary N) is 1. The maximum Gasteiger partial charge on any atom is 0.332 e. The van der Waals surface area contributed by atoms with Crippen LogP contribution in [0.5, 0.6) is 11.5 Å². The molecule has 0 spiro atoms. The van der Waals surface area contributed by atoms with Gasteiger partial charge in [-0.05, 0) is 24.8 Å². The monoisotopic (exact) mass is 528 g/mol. The maximum atomic E-state index is 13.3. The lowest BCUT2D eigenvalue weighted by Gasteiger charge is -2.29. The lowest BCUT2D eigenvalue weighted by Crippen LogP contribution is -2.46. The molecule has 0 saturated carbocycles. The van der Waals surface area contributed by atoms with Gasteiger partial charge in [0.05, 0.1) is 7.11 Å². The Bertz CT molecular complexity index is 1150. The number of pyridine rings is 1. The summed E-state index contributed by atoms with van der Waals surface area (Å²) >= 11 is 0. The summed E-state index contributed by atoms with van der Waals surface area (Å²) in [5, 5.41) is 12.6. The molecule has 1 amide bonds. The first-order chi connectivity index (χ1) is 18.1. The van der Waals surface area contributed by atoms with Crippen molar-refractivity contribution >= 4 is 23.8 Å². The van der Waals surface area contributed by atoms with Crippen molar-refractivity contribution in [3.63, 3.8) is 0 Å². The molecule has 1 aliphatic heterocycles. The molecule has 0 radical (unpaired) electrons. The SMILES string of the molecule is COc1ccnc(C(=O)N[C@@H]2COC(=O)[C@H](Cc3ccccc3)[C@@H](OC(=O)CC(C)C)[C@H](C)OC2=O)c1O. The molecule has 1 aromatic carbocycles. The minimum atomic E-state index is -1.41. The van der Waals surface area contributed by atoms with E-state index in [-0.39, 0.29) is 30.2 Å². The van der Waals surface area contributed by atoms with Crippen molar-refractivity contribution in [1.82, 2.24) is 10.3 Å². The Labute approximate surface area is 220 Å². The highest BCUT2D eigenvalue weighted by Gasteiger charge is 2.42. The van der Waals surface area contributed by atoms with Crippen molar-refractivity contribution in [1.29, 1.82) is 0 Å². The number of cyclic esters (lactones) is 2. The van der Waals surface area contributed by atoms with E-state index in [1.165, 1.54) is 26.3 Å². The normalized spacial score (nSPS) is 21.8. The van der Waals surface area contributed by atoms with Crippen LogP contribution in [0.2, 0.25) is 0 Å². The Morgan fingerprint density at radius 1 is 1.16 bits per heavy atom. The number of esters is 3.